The summed E-state index contributed by atoms with van der Waals surface area (Å²) < 4.78 is 0.756. The molecular formula is C15H25BrN4O2. The standard InChI is InChI=1S/C15H25BrN4O2/c1-13(16)11-17-15(22)20-9-7-18(8-10-20)12-14(21)19-5-3-2-4-6-19/h1-12H2,(H,17,22). The summed E-state index contributed by atoms with van der Waals surface area (Å²) in [5, 5.41) is 2.81. The van der Waals surface area contributed by atoms with Crippen LogP contribution in [0.4, 0.5) is 4.79 Å². The lowest BCUT2D eigenvalue weighted by Crippen LogP contribution is -2.54. The fourth-order valence-corrected chi connectivity index (χ4v) is 2.97. The van der Waals surface area contributed by atoms with Gasteiger partial charge in [0.05, 0.1) is 13.1 Å². The average molecular weight is 373 g/mol. The Bertz CT molecular complexity index is 416. The number of nitrogens with zero attached hydrogens (tertiary/aromatic N) is 3. The van der Waals surface area contributed by atoms with Crippen LogP contribution in [0.3, 0.4) is 0 Å². The topological polar surface area (TPSA) is 55.9 Å². The SMILES string of the molecule is C=C(Br)CNC(=O)N1CCN(CC(=O)N2CCCCC2)CC1. The Morgan fingerprint density at radius 3 is 2.18 bits per heavy atom. The first-order chi connectivity index (χ1) is 10.6. The van der Waals surface area contributed by atoms with Gasteiger partial charge in [-0.2, -0.15) is 0 Å². The van der Waals surface area contributed by atoms with Crippen molar-refractivity contribution in [1.29, 1.82) is 0 Å². The minimum absolute atomic E-state index is 0.0670. The zero-order valence-electron chi connectivity index (χ0n) is 13.0. The Labute approximate surface area is 140 Å². The molecule has 0 radical (unpaired) electrons. The fourth-order valence-electron chi connectivity index (χ4n) is 2.83. The summed E-state index contributed by atoms with van der Waals surface area (Å²) in [6.07, 6.45) is 3.48. The molecule has 0 aromatic rings. The van der Waals surface area contributed by atoms with Crippen molar-refractivity contribution in [2.75, 3.05) is 52.4 Å². The van der Waals surface area contributed by atoms with Crippen molar-refractivity contribution < 1.29 is 9.59 Å². The van der Waals surface area contributed by atoms with Crippen LogP contribution in [0.15, 0.2) is 11.1 Å². The number of halogens is 1. The second-order valence-corrected chi connectivity index (χ2v) is 7.00. The molecule has 2 saturated heterocycles. The molecule has 0 saturated carbocycles. The lowest BCUT2D eigenvalue weighted by molar-refractivity contribution is -0.133. The largest absolute Gasteiger partial charge is 0.342 e. The van der Waals surface area contributed by atoms with Gasteiger partial charge in [0.2, 0.25) is 5.91 Å². The van der Waals surface area contributed by atoms with E-state index < -0.39 is 0 Å². The van der Waals surface area contributed by atoms with Crippen molar-refractivity contribution in [2.45, 2.75) is 19.3 Å². The van der Waals surface area contributed by atoms with Gasteiger partial charge in [-0.25, -0.2) is 4.79 Å². The summed E-state index contributed by atoms with van der Waals surface area (Å²) in [6, 6.07) is -0.0670. The molecule has 0 spiro atoms. The van der Waals surface area contributed by atoms with E-state index in [4.69, 9.17) is 0 Å². The second-order valence-electron chi connectivity index (χ2n) is 5.88. The van der Waals surface area contributed by atoms with Crippen LogP contribution in [-0.4, -0.2) is 79.0 Å². The third-order valence-electron chi connectivity index (χ3n) is 4.16. The van der Waals surface area contributed by atoms with Crippen molar-refractivity contribution in [3.8, 4) is 0 Å². The molecule has 2 heterocycles. The van der Waals surface area contributed by atoms with E-state index in [0.717, 1.165) is 43.5 Å². The molecule has 1 N–H and O–H groups in total. The first kappa shape index (κ1) is 17.3. The van der Waals surface area contributed by atoms with Gasteiger partial charge in [-0.1, -0.05) is 22.5 Å². The summed E-state index contributed by atoms with van der Waals surface area (Å²) in [5.74, 6) is 0.230. The van der Waals surface area contributed by atoms with E-state index >= 15 is 0 Å². The van der Waals surface area contributed by atoms with Gasteiger partial charge >= 0.3 is 6.03 Å². The predicted octanol–water partition coefficient (Wildman–Crippen LogP) is 1.23. The fraction of sp³-hybridized carbons (Fsp3) is 0.733. The first-order valence-electron chi connectivity index (χ1n) is 7.92. The van der Waals surface area contributed by atoms with Gasteiger partial charge < -0.3 is 15.1 Å². The van der Waals surface area contributed by atoms with E-state index in [1.165, 1.54) is 6.42 Å². The first-order valence-corrected chi connectivity index (χ1v) is 8.72. The Kier molecular flexibility index (Phi) is 6.70. The van der Waals surface area contributed by atoms with Gasteiger partial charge in [0.1, 0.15) is 0 Å². The molecule has 0 atom stereocenters. The monoisotopic (exact) mass is 372 g/mol. The van der Waals surface area contributed by atoms with E-state index in [1.54, 1.807) is 4.90 Å². The number of piperazine rings is 1. The van der Waals surface area contributed by atoms with Crippen LogP contribution in [0.1, 0.15) is 19.3 Å². The number of hydrogen-bond donors (Lipinski definition) is 1. The molecule has 2 aliphatic heterocycles. The van der Waals surface area contributed by atoms with Crippen LogP contribution in [0, 0.1) is 0 Å². The quantitative estimate of drug-likeness (QED) is 0.807. The summed E-state index contributed by atoms with van der Waals surface area (Å²) in [6.45, 7) is 9.24. The number of piperidine rings is 1. The zero-order chi connectivity index (χ0) is 15.9. The maximum Gasteiger partial charge on any atom is 0.317 e. The highest BCUT2D eigenvalue weighted by atomic mass is 79.9. The molecular weight excluding hydrogens is 348 g/mol. The molecule has 0 aromatic carbocycles. The number of rotatable bonds is 4. The summed E-state index contributed by atoms with van der Waals surface area (Å²) in [7, 11) is 0. The number of carbonyl (C=O) groups is 2. The zero-order valence-corrected chi connectivity index (χ0v) is 14.6. The number of carbonyl (C=O) groups excluding carboxylic acids is 2. The van der Waals surface area contributed by atoms with Gasteiger partial charge in [-0.15, -0.1) is 0 Å². The third-order valence-corrected chi connectivity index (χ3v) is 4.44. The third kappa shape index (κ3) is 5.28. The molecule has 0 bridgehead atoms. The lowest BCUT2D eigenvalue weighted by Gasteiger charge is -2.36. The molecule has 6 nitrogen and oxygen atoms in total. The number of urea groups is 1. The number of amides is 3. The highest BCUT2D eigenvalue weighted by molar-refractivity contribution is 9.11. The molecule has 7 heteroatoms. The average Bonchev–Trinajstić information content (AvgIpc) is 2.54. The lowest BCUT2D eigenvalue weighted by atomic mass is 10.1. The molecule has 0 aliphatic carbocycles. The minimum Gasteiger partial charge on any atom is -0.342 e. The van der Waals surface area contributed by atoms with Crippen LogP contribution in [-0.2, 0) is 4.79 Å². The van der Waals surface area contributed by atoms with E-state index in [2.05, 4.69) is 32.7 Å². The Morgan fingerprint density at radius 1 is 0.955 bits per heavy atom. The van der Waals surface area contributed by atoms with Crippen LogP contribution in [0.5, 0.6) is 0 Å². The Balaban J connectivity index is 1.69. The molecule has 0 unspecified atom stereocenters. The highest BCUT2D eigenvalue weighted by Crippen LogP contribution is 2.10. The van der Waals surface area contributed by atoms with E-state index in [-0.39, 0.29) is 11.9 Å². The Morgan fingerprint density at radius 2 is 1.59 bits per heavy atom. The summed E-state index contributed by atoms with van der Waals surface area (Å²) in [5.41, 5.74) is 0. The van der Waals surface area contributed by atoms with Crippen molar-refractivity contribution in [3.63, 3.8) is 0 Å². The molecule has 2 aliphatic rings. The summed E-state index contributed by atoms with van der Waals surface area (Å²) in [4.78, 5) is 30.1. The highest BCUT2D eigenvalue weighted by Gasteiger charge is 2.24. The molecule has 124 valence electrons. The number of likely N-dealkylation sites (tertiary alicyclic amines) is 1. The van der Waals surface area contributed by atoms with Gasteiger partial charge in [0, 0.05) is 43.8 Å². The molecule has 3 amide bonds. The summed E-state index contributed by atoms with van der Waals surface area (Å²) >= 11 is 3.22. The van der Waals surface area contributed by atoms with E-state index in [1.807, 2.05) is 4.90 Å². The van der Waals surface area contributed by atoms with Gasteiger partial charge in [0.25, 0.3) is 0 Å². The van der Waals surface area contributed by atoms with Crippen molar-refractivity contribution >= 4 is 27.9 Å². The van der Waals surface area contributed by atoms with Crippen molar-refractivity contribution in [2.24, 2.45) is 0 Å². The van der Waals surface area contributed by atoms with Gasteiger partial charge in [-0.3, -0.25) is 9.69 Å². The minimum atomic E-state index is -0.0670. The maximum absolute atomic E-state index is 12.2. The smallest absolute Gasteiger partial charge is 0.317 e. The second kappa shape index (κ2) is 8.53. The Hall–Kier alpha value is -1.08. The molecule has 2 fully saturated rings. The maximum atomic E-state index is 12.2. The normalized spacial score (nSPS) is 19.9. The molecule has 0 aromatic heterocycles. The van der Waals surface area contributed by atoms with Crippen molar-refractivity contribution in [3.05, 3.63) is 11.1 Å². The molecule has 2 rings (SSSR count). The van der Waals surface area contributed by atoms with Crippen molar-refractivity contribution in [1.82, 2.24) is 20.0 Å². The van der Waals surface area contributed by atoms with Gasteiger partial charge in [0.15, 0.2) is 0 Å². The van der Waals surface area contributed by atoms with E-state index in [0.29, 0.717) is 26.2 Å². The predicted molar refractivity (Wildman–Crippen MR) is 89.9 cm³/mol. The number of hydrogen-bond acceptors (Lipinski definition) is 3. The van der Waals surface area contributed by atoms with Gasteiger partial charge in [-0.05, 0) is 19.3 Å². The molecule has 22 heavy (non-hydrogen) atoms. The van der Waals surface area contributed by atoms with Crippen LogP contribution >= 0.6 is 15.9 Å². The van der Waals surface area contributed by atoms with Crippen LogP contribution in [0.2, 0.25) is 0 Å². The van der Waals surface area contributed by atoms with Crippen LogP contribution in [0.25, 0.3) is 0 Å². The van der Waals surface area contributed by atoms with Crippen LogP contribution < -0.4 is 5.32 Å². The number of nitrogens with one attached hydrogen (secondary N) is 1. The van der Waals surface area contributed by atoms with E-state index in [9.17, 15) is 9.59 Å².